The van der Waals surface area contributed by atoms with E-state index >= 15 is 0 Å². The fourth-order valence-corrected chi connectivity index (χ4v) is 1.87. The van der Waals surface area contributed by atoms with Crippen LogP contribution in [0.1, 0.15) is 51.7 Å². The van der Waals surface area contributed by atoms with Crippen molar-refractivity contribution in [3.63, 3.8) is 0 Å². The highest BCUT2D eigenvalue weighted by atomic mass is 16.5. The largest absolute Gasteiger partial charge is 0.488 e. The lowest BCUT2D eigenvalue weighted by molar-refractivity contribution is -0.121. The number of hydrogen-bond donors (Lipinski definition) is 2. The molecule has 0 radical (unpaired) electrons. The summed E-state index contributed by atoms with van der Waals surface area (Å²) in [5.74, 6) is 0.851. The molecule has 0 bridgehead atoms. The molecule has 1 unspecified atom stereocenters. The summed E-state index contributed by atoms with van der Waals surface area (Å²) in [5, 5.41) is 2.93. The second-order valence-electron chi connectivity index (χ2n) is 6.62. The zero-order valence-corrected chi connectivity index (χ0v) is 13.8. The van der Waals surface area contributed by atoms with E-state index in [0.717, 1.165) is 16.9 Å². The van der Waals surface area contributed by atoms with Crippen molar-refractivity contribution >= 4 is 5.91 Å². The van der Waals surface area contributed by atoms with Crippen LogP contribution < -0.4 is 15.8 Å². The van der Waals surface area contributed by atoms with Gasteiger partial charge in [0.2, 0.25) is 5.91 Å². The van der Waals surface area contributed by atoms with Crippen LogP contribution in [-0.4, -0.2) is 17.6 Å². The molecule has 1 aromatic rings. The molecule has 0 aliphatic rings. The number of rotatable bonds is 6. The van der Waals surface area contributed by atoms with Crippen molar-refractivity contribution in [2.75, 3.05) is 0 Å². The van der Waals surface area contributed by atoms with E-state index in [0.29, 0.717) is 19.4 Å². The lowest BCUT2D eigenvalue weighted by Gasteiger charge is -2.24. The topological polar surface area (TPSA) is 64.4 Å². The van der Waals surface area contributed by atoms with Crippen LogP contribution >= 0.6 is 0 Å². The van der Waals surface area contributed by atoms with Crippen molar-refractivity contribution in [3.8, 4) is 5.75 Å². The Hall–Kier alpha value is -1.55. The van der Waals surface area contributed by atoms with Gasteiger partial charge >= 0.3 is 0 Å². The van der Waals surface area contributed by atoms with Gasteiger partial charge in [0.25, 0.3) is 0 Å². The van der Waals surface area contributed by atoms with Gasteiger partial charge in [-0.15, -0.1) is 0 Å². The van der Waals surface area contributed by atoms with Crippen LogP contribution in [0.5, 0.6) is 5.75 Å². The third-order valence-corrected chi connectivity index (χ3v) is 2.94. The third kappa shape index (κ3) is 7.14. The van der Waals surface area contributed by atoms with Crippen LogP contribution in [0.3, 0.4) is 0 Å². The number of carbonyl (C=O) groups excluding carboxylic acids is 1. The predicted molar refractivity (Wildman–Crippen MR) is 86.3 cm³/mol. The first kappa shape index (κ1) is 17.5. The number of carbonyl (C=O) groups is 1. The normalized spacial score (nSPS) is 12.9. The zero-order chi connectivity index (χ0) is 16.0. The van der Waals surface area contributed by atoms with Crippen LogP contribution in [-0.2, 0) is 11.3 Å². The van der Waals surface area contributed by atoms with Crippen LogP contribution in [0.2, 0.25) is 0 Å². The Kier molecular flexibility index (Phi) is 6.21. The van der Waals surface area contributed by atoms with Crippen LogP contribution in [0.4, 0.5) is 0 Å². The van der Waals surface area contributed by atoms with E-state index in [1.807, 2.05) is 52.8 Å². The molecule has 1 aromatic carbocycles. The van der Waals surface area contributed by atoms with Gasteiger partial charge in [-0.05, 0) is 52.7 Å². The number of nitrogens with two attached hydrogens (primary N) is 1. The smallest absolute Gasteiger partial charge is 0.220 e. The van der Waals surface area contributed by atoms with Crippen molar-refractivity contribution in [3.05, 3.63) is 29.3 Å². The standard InChI is InChI=1S/C17H28N2O2/c1-12-6-8-14(15(10-12)21-17(3,4)5)11-19-16(20)9-7-13(2)18/h6,8,10,13H,7,9,11,18H2,1-5H3,(H,19,20). The maximum absolute atomic E-state index is 11.8. The minimum Gasteiger partial charge on any atom is -0.488 e. The Balaban J connectivity index is 2.68. The van der Waals surface area contributed by atoms with Gasteiger partial charge in [0, 0.05) is 24.6 Å². The first-order valence-electron chi connectivity index (χ1n) is 7.48. The zero-order valence-electron chi connectivity index (χ0n) is 13.8. The minimum atomic E-state index is -0.262. The molecule has 0 fully saturated rings. The molecule has 4 nitrogen and oxygen atoms in total. The predicted octanol–water partition coefficient (Wildman–Crippen LogP) is 2.92. The maximum atomic E-state index is 11.8. The summed E-state index contributed by atoms with van der Waals surface area (Å²) in [6.45, 7) is 10.5. The molecule has 0 aliphatic heterocycles. The highest BCUT2D eigenvalue weighted by Gasteiger charge is 2.15. The Morgan fingerprint density at radius 2 is 2.05 bits per heavy atom. The average Bonchev–Trinajstić information content (AvgIpc) is 2.33. The summed E-state index contributed by atoms with van der Waals surface area (Å²) < 4.78 is 5.97. The van der Waals surface area contributed by atoms with E-state index in [1.54, 1.807) is 0 Å². The Bertz CT molecular complexity index is 476. The number of ether oxygens (including phenoxy) is 1. The van der Waals surface area contributed by atoms with Crippen LogP contribution in [0, 0.1) is 6.92 Å². The fraction of sp³-hybridized carbons (Fsp3) is 0.588. The van der Waals surface area contributed by atoms with Crippen molar-refractivity contribution in [2.24, 2.45) is 5.73 Å². The third-order valence-electron chi connectivity index (χ3n) is 2.94. The monoisotopic (exact) mass is 292 g/mol. The number of nitrogens with one attached hydrogen (secondary N) is 1. The summed E-state index contributed by atoms with van der Waals surface area (Å²) in [4.78, 5) is 11.8. The van der Waals surface area contributed by atoms with Gasteiger partial charge in [0.1, 0.15) is 11.4 Å². The SMILES string of the molecule is Cc1ccc(CNC(=O)CCC(C)N)c(OC(C)(C)C)c1. The molecular weight excluding hydrogens is 264 g/mol. The van der Waals surface area contributed by atoms with Gasteiger partial charge in [-0.1, -0.05) is 12.1 Å². The summed E-state index contributed by atoms with van der Waals surface area (Å²) in [6.07, 6.45) is 1.16. The lowest BCUT2D eigenvalue weighted by Crippen LogP contribution is -2.27. The second kappa shape index (κ2) is 7.46. The first-order chi connectivity index (χ1) is 9.67. The van der Waals surface area contributed by atoms with Gasteiger partial charge in [-0.25, -0.2) is 0 Å². The minimum absolute atomic E-state index is 0.0228. The van der Waals surface area contributed by atoms with E-state index in [9.17, 15) is 4.79 Å². The Labute approximate surface area is 128 Å². The fourth-order valence-electron chi connectivity index (χ4n) is 1.87. The molecule has 1 atom stereocenters. The van der Waals surface area contributed by atoms with Crippen LogP contribution in [0.15, 0.2) is 18.2 Å². The van der Waals surface area contributed by atoms with Crippen molar-refractivity contribution in [2.45, 2.75) is 65.6 Å². The molecular formula is C17H28N2O2. The van der Waals surface area contributed by atoms with Crippen molar-refractivity contribution in [1.82, 2.24) is 5.32 Å². The molecule has 0 heterocycles. The molecule has 1 amide bonds. The molecule has 1 rings (SSSR count). The van der Waals surface area contributed by atoms with E-state index in [2.05, 4.69) is 5.32 Å². The van der Waals surface area contributed by atoms with E-state index in [-0.39, 0.29) is 17.6 Å². The summed E-state index contributed by atoms with van der Waals surface area (Å²) >= 11 is 0. The molecule has 0 spiro atoms. The highest BCUT2D eigenvalue weighted by molar-refractivity contribution is 5.75. The first-order valence-corrected chi connectivity index (χ1v) is 7.48. The highest BCUT2D eigenvalue weighted by Crippen LogP contribution is 2.24. The Morgan fingerprint density at radius 1 is 1.38 bits per heavy atom. The van der Waals surface area contributed by atoms with Gasteiger partial charge in [-0.2, -0.15) is 0 Å². The molecule has 3 N–H and O–H groups in total. The molecule has 0 saturated carbocycles. The van der Waals surface area contributed by atoms with E-state index < -0.39 is 0 Å². The number of hydrogen-bond acceptors (Lipinski definition) is 3. The number of amides is 1. The Morgan fingerprint density at radius 3 is 2.62 bits per heavy atom. The lowest BCUT2D eigenvalue weighted by atomic mass is 10.1. The number of benzene rings is 1. The maximum Gasteiger partial charge on any atom is 0.220 e. The van der Waals surface area contributed by atoms with E-state index in [4.69, 9.17) is 10.5 Å². The van der Waals surface area contributed by atoms with Gasteiger partial charge < -0.3 is 15.8 Å². The molecule has 21 heavy (non-hydrogen) atoms. The van der Waals surface area contributed by atoms with Crippen LogP contribution in [0.25, 0.3) is 0 Å². The molecule has 118 valence electrons. The second-order valence-corrected chi connectivity index (χ2v) is 6.62. The summed E-state index contributed by atoms with van der Waals surface area (Å²) in [6, 6.07) is 6.09. The van der Waals surface area contributed by atoms with Gasteiger partial charge in [0.15, 0.2) is 0 Å². The number of aryl methyl sites for hydroxylation is 1. The average molecular weight is 292 g/mol. The van der Waals surface area contributed by atoms with Gasteiger partial charge in [-0.3, -0.25) is 4.79 Å². The molecule has 0 aromatic heterocycles. The van der Waals surface area contributed by atoms with E-state index in [1.165, 1.54) is 0 Å². The van der Waals surface area contributed by atoms with Crippen molar-refractivity contribution in [1.29, 1.82) is 0 Å². The molecule has 4 heteroatoms. The van der Waals surface area contributed by atoms with Gasteiger partial charge in [0.05, 0.1) is 0 Å². The molecule has 0 saturated heterocycles. The summed E-state index contributed by atoms with van der Waals surface area (Å²) in [7, 11) is 0. The summed E-state index contributed by atoms with van der Waals surface area (Å²) in [5.41, 5.74) is 7.53. The quantitative estimate of drug-likeness (QED) is 0.847. The van der Waals surface area contributed by atoms with Crippen molar-refractivity contribution < 1.29 is 9.53 Å². The molecule has 0 aliphatic carbocycles.